The molecule has 2 heterocycles. The van der Waals surface area contributed by atoms with E-state index in [2.05, 4.69) is 15.0 Å². The summed E-state index contributed by atoms with van der Waals surface area (Å²) in [5.74, 6) is 0.454. The molecule has 0 aliphatic heterocycles. The van der Waals surface area contributed by atoms with E-state index < -0.39 is 0 Å². The van der Waals surface area contributed by atoms with E-state index in [1.54, 1.807) is 42.9 Å². The summed E-state index contributed by atoms with van der Waals surface area (Å²) in [4.78, 5) is 23.6. The predicted octanol–water partition coefficient (Wildman–Crippen LogP) is 1.30. The largest absolute Gasteiger partial charge is 0.292 e. The van der Waals surface area contributed by atoms with Crippen molar-refractivity contribution in [1.29, 1.82) is 0 Å². The van der Waals surface area contributed by atoms with Crippen LogP contribution >= 0.6 is 0 Å². The van der Waals surface area contributed by atoms with Crippen LogP contribution < -0.4 is 0 Å². The quantitative estimate of drug-likeness (QED) is 0.699. The molecule has 4 heteroatoms. The molecule has 0 saturated carbocycles. The number of carbonyl (C=O) groups is 1. The standard InChI is InChI=1S/C11H9N3O/c15-10(9-4-1-2-5-12-9)8-11-13-6-3-7-14-11/h1-7H,8H2. The second-order valence-electron chi connectivity index (χ2n) is 2.98. The maximum absolute atomic E-state index is 11.7. The molecule has 0 amide bonds. The van der Waals surface area contributed by atoms with E-state index in [0.29, 0.717) is 11.5 Å². The summed E-state index contributed by atoms with van der Waals surface area (Å²) in [6, 6.07) is 6.96. The van der Waals surface area contributed by atoms with Gasteiger partial charge in [-0.1, -0.05) is 6.07 Å². The van der Waals surface area contributed by atoms with Gasteiger partial charge >= 0.3 is 0 Å². The zero-order valence-electron chi connectivity index (χ0n) is 8.00. The Bertz CT molecular complexity index is 442. The van der Waals surface area contributed by atoms with Crippen molar-refractivity contribution < 1.29 is 4.79 Å². The number of pyridine rings is 1. The van der Waals surface area contributed by atoms with Gasteiger partial charge in [0.1, 0.15) is 11.5 Å². The van der Waals surface area contributed by atoms with Crippen molar-refractivity contribution in [3.05, 3.63) is 54.4 Å². The number of carbonyl (C=O) groups excluding carboxylic acids is 1. The molecule has 2 rings (SSSR count). The van der Waals surface area contributed by atoms with Crippen LogP contribution in [0, 0.1) is 0 Å². The van der Waals surface area contributed by atoms with Crippen LogP contribution in [0.1, 0.15) is 16.3 Å². The van der Waals surface area contributed by atoms with E-state index in [9.17, 15) is 4.79 Å². The monoisotopic (exact) mass is 199 g/mol. The number of hydrogen-bond donors (Lipinski definition) is 0. The Balaban J connectivity index is 2.12. The van der Waals surface area contributed by atoms with E-state index in [-0.39, 0.29) is 12.2 Å². The molecule has 0 atom stereocenters. The number of rotatable bonds is 3. The molecule has 15 heavy (non-hydrogen) atoms. The fraction of sp³-hybridized carbons (Fsp3) is 0.0909. The maximum Gasteiger partial charge on any atom is 0.188 e. The Morgan fingerprint density at radius 3 is 2.40 bits per heavy atom. The van der Waals surface area contributed by atoms with Crippen molar-refractivity contribution in [2.45, 2.75) is 6.42 Å². The first kappa shape index (κ1) is 9.45. The van der Waals surface area contributed by atoms with Crippen molar-refractivity contribution in [2.75, 3.05) is 0 Å². The van der Waals surface area contributed by atoms with Gasteiger partial charge in [-0.3, -0.25) is 9.78 Å². The molecule has 74 valence electrons. The van der Waals surface area contributed by atoms with Gasteiger partial charge in [-0.2, -0.15) is 0 Å². The van der Waals surface area contributed by atoms with Crippen LogP contribution in [0.15, 0.2) is 42.9 Å². The summed E-state index contributed by atoms with van der Waals surface area (Å²) >= 11 is 0. The SMILES string of the molecule is O=C(Cc1ncccn1)c1ccccn1. The molecule has 2 aromatic rings. The van der Waals surface area contributed by atoms with Gasteiger partial charge in [0, 0.05) is 18.6 Å². The van der Waals surface area contributed by atoms with Gasteiger partial charge in [-0.05, 0) is 18.2 Å². The lowest BCUT2D eigenvalue weighted by atomic mass is 10.2. The molecule has 0 radical (unpaired) electrons. The van der Waals surface area contributed by atoms with Crippen molar-refractivity contribution >= 4 is 5.78 Å². The third-order valence-corrected chi connectivity index (χ3v) is 1.89. The highest BCUT2D eigenvalue weighted by Crippen LogP contribution is 2.00. The van der Waals surface area contributed by atoms with E-state index in [1.807, 2.05) is 0 Å². The molecule has 0 aromatic carbocycles. The zero-order valence-corrected chi connectivity index (χ0v) is 8.00. The second-order valence-corrected chi connectivity index (χ2v) is 2.98. The third-order valence-electron chi connectivity index (χ3n) is 1.89. The minimum Gasteiger partial charge on any atom is -0.292 e. The van der Waals surface area contributed by atoms with Crippen molar-refractivity contribution in [1.82, 2.24) is 15.0 Å². The summed E-state index contributed by atoms with van der Waals surface area (Å²) in [6.45, 7) is 0. The minimum atomic E-state index is -0.0678. The van der Waals surface area contributed by atoms with Crippen LogP contribution in [-0.4, -0.2) is 20.7 Å². The fourth-order valence-electron chi connectivity index (χ4n) is 1.18. The molecule has 4 nitrogen and oxygen atoms in total. The normalized spacial score (nSPS) is 9.87. The summed E-state index contributed by atoms with van der Waals surface area (Å²) < 4.78 is 0. The predicted molar refractivity (Wildman–Crippen MR) is 54.3 cm³/mol. The lowest BCUT2D eigenvalue weighted by molar-refractivity contribution is 0.0986. The Hall–Kier alpha value is -2.10. The highest BCUT2D eigenvalue weighted by molar-refractivity contribution is 5.95. The number of ketones is 1. The number of aromatic nitrogens is 3. The Labute approximate surface area is 87.0 Å². The van der Waals surface area contributed by atoms with Gasteiger partial charge < -0.3 is 0 Å². The zero-order chi connectivity index (χ0) is 10.5. The van der Waals surface area contributed by atoms with Gasteiger partial charge in [-0.15, -0.1) is 0 Å². The van der Waals surface area contributed by atoms with Crippen LogP contribution in [0.4, 0.5) is 0 Å². The molecule has 0 bridgehead atoms. The Kier molecular flexibility index (Phi) is 2.78. The highest BCUT2D eigenvalue weighted by atomic mass is 16.1. The number of nitrogens with zero attached hydrogens (tertiary/aromatic N) is 3. The lowest BCUT2D eigenvalue weighted by Crippen LogP contribution is -2.07. The van der Waals surface area contributed by atoms with Gasteiger partial charge in [0.25, 0.3) is 0 Å². The Morgan fingerprint density at radius 2 is 1.73 bits per heavy atom. The molecule has 0 aliphatic carbocycles. The number of Topliss-reactive ketones (excluding diaryl/α,β-unsaturated/α-hetero) is 1. The van der Waals surface area contributed by atoms with Gasteiger partial charge in [-0.25, -0.2) is 9.97 Å². The van der Waals surface area contributed by atoms with Crippen LogP contribution in [0.2, 0.25) is 0 Å². The fourth-order valence-corrected chi connectivity index (χ4v) is 1.18. The summed E-state index contributed by atoms with van der Waals surface area (Å²) in [7, 11) is 0. The topological polar surface area (TPSA) is 55.7 Å². The Morgan fingerprint density at radius 1 is 1.00 bits per heavy atom. The summed E-state index contributed by atoms with van der Waals surface area (Å²) in [5, 5.41) is 0. The molecule has 0 aliphatic rings. The van der Waals surface area contributed by atoms with Gasteiger partial charge in [0.15, 0.2) is 5.78 Å². The first-order chi connectivity index (χ1) is 7.36. The van der Waals surface area contributed by atoms with Crippen LogP contribution in [0.5, 0.6) is 0 Å². The lowest BCUT2D eigenvalue weighted by Gasteiger charge is -1.98. The van der Waals surface area contributed by atoms with Crippen molar-refractivity contribution in [2.24, 2.45) is 0 Å². The molecule has 2 aromatic heterocycles. The number of hydrogen-bond acceptors (Lipinski definition) is 4. The summed E-state index contributed by atoms with van der Waals surface area (Å²) in [5.41, 5.74) is 0.449. The molecule has 0 fully saturated rings. The van der Waals surface area contributed by atoms with Crippen LogP contribution in [-0.2, 0) is 6.42 Å². The van der Waals surface area contributed by atoms with Crippen LogP contribution in [0.25, 0.3) is 0 Å². The van der Waals surface area contributed by atoms with E-state index in [1.165, 1.54) is 0 Å². The molecule has 0 unspecified atom stereocenters. The minimum absolute atomic E-state index is 0.0678. The van der Waals surface area contributed by atoms with E-state index in [4.69, 9.17) is 0 Å². The summed E-state index contributed by atoms with van der Waals surface area (Å²) in [6.07, 6.45) is 5.03. The average molecular weight is 199 g/mol. The molecule has 0 spiro atoms. The first-order valence-electron chi connectivity index (χ1n) is 4.56. The van der Waals surface area contributed by atoms with Gasteiger partial charge in [0.2, 0.25) is 0 Å². The second kappa shape index (κ2) is 4.41. The first-order valence-corrected chi connectivity index (χ1v) is 4.56. The molecule has 0 N–H and O–H groups in total. The van der Waals surface area contributed by atoms with E-state index >= 15 is 0 Å². The van der Waals surface area contributed by atoms with Gasteiger partial charge in [0.05, 0.1) is 6.42 Å². The van der Waals surface area contributed by atoms with Crippen LogP contribution in [0.3, 0.4) is 0 Å². The highest BCUT2D eigenvalue weighted by Gasteiger charge is 2.08. The molecular formula is C11H9N3O. The van der Waals surface area contributed by atoms with E-state index in [0.717, 1.165) is 0 Å². The molecular weight excluding hydrogens is 190 g/mol. The molecule has 0 saturated heterocycles. The average Bonchev–Trinajstić information content (AvgIpc) is 2.31. The van der Waals surface area contributed by atoms with Crippen molar-refractivity contribution in [3.63, 3.8) is 0 Å². The van der Waals surface area contributed by atoms with Crippen molar-refractivity contribution in [3.8, 4) is 0 Å². The smallest absolute Gasteiger partial charge is 0.188 e. The third kappa shape index (κ3) is 2.43. The maximum atomic E-state index is 11.7.